The normalized spacial score (nSPS) is 17.6. The van der Waals surface area contributed by atoms with Gasteiger partial charge in [-0.25, -0.2) is 9.78 Å². The number of aromatic nitrogens is 1. The largest absolute Gasteiger partial charge is 0.325 e. The topological polar surface area (TPSA) is 62.3 Å². The van der Waals surface area contributed by atoms with Gasteiger partial charge in [0.2, 0.25) is 0 Å². The van der Waals surface area contributed by atoms with Gasteiger partial charge in [-0.15, -0.1) is 11.3 Å². The van der Waals surface area contributed by atoms with Gasteiger partial charge >= 0.3 is 6.03 Å². The van der Waals surface area contributed by atoms with Crippen molar-refractivity contribution in [3.63, 3.8) is 0 Å². The summed E-state index contributed by atoms with van der Waals surface area (Å²) in [5, 5.41) is 3.86. The number of aryl methyl sites for hydroxylation is 1. The van der Waals surface area contributed by atoms with Crippen LogP contribution in [0.5, 0.6) is 0 Å². The van der Waals surface area contributed by atoms with Crippen LogP contribution in [0, 0.1) is 6.92 Å². The van der Waals surface area contributed by atoms with Crippen LogP contribution in [0.2, 0.25) is 0 Å². The first kappa shape index (κ1) is 15.0. The second-order valence-electron chi connectivity index (χ2n) is 5.25. The molecular weight excluding hydrogens is 274 g/mol. The van der Waals surface area contributed by atoms with Crippen LogP contribution >= 0.6 is 11.3 Å². The second-order valence-corrected chi connectivity index (χ2v) is 6.57. The van der Waals surface area contributed by atoms with Crippen LogP contribution < -0.4 is 5.32 Å². The quantitative estimate of drug-likeness (QED) is 0.821. The van der Waals surface area contributed by atoms with Crippen molar-refractivity contribution in [1.82, 2.24) is 15.2 Å². The van der Waals surface area contributed by atoms with E-state index in [1.54, 1.807) is 6.20 Å². The number of rotatable bonds is 6. The average molecular weight is 295 g/mol. The van der Waals surface area contributed by atoms with E-state index in [4.69, 9.17) is 0 Å². The first-order chi connectivity index (χ1) is 9.52. The summed E-state index contributed by atoms with van der Waals surface area (Å²) >= 11 is 1.52. The standard InChI is InChI=1S/C14H21N3O2S/c1-4-6-14(7-5-2)12(18)17(13(19)16-14)9-11-8-15-10(3)20-11/h8H,4-7,9H2,1-3H3,(H,16,19). The summed E-state index contributed by atoms with van der Waals surface area (Å²) in [6.45, 7) is 6.31. The highest BCUT2D eigenvalue weighted by Crippen LogP contribution is 2.29. The molecule has 2 rings (SSSR count). The minimum Gasteiger partial charge on any atom is -0.323 e. The van der Waals surface area contributed by atoms with E-state index in [1.807, 2.05) is 20.8 Å². The molecule has 1 aromatic heterocycles. The molecular formula is C14H21N3O2S. The van der Waals surface area contributed by atoms with E-state index in [9.17, 15) is 9.59 Å². The molecule has 1 aliphatic rings. The van der Waals surface area contributed by atoms with Crippen LogP contribution in [0.4, 0.5) is 4.79 Å². The Kier molecular flexibility index (Phi) is 4.42. The third kappa shape index (κ3) is 2.70. The van der Waals surface area contributed by atoms with Crippen molar-refractivity contribution in [3.05, 3.63) is 16.1 Å². The molecule has 0 saturated carbocycles. The van der Waals surface area contributed by atoms with Crippen LogP contribution in [0.15, 0.2) is 6.20 Å². The number of nitrogens with zero attached hydrogens (tertiary/aromatic N) is 2. The predicted molar refractivity (Wildman–Crippen MR) is 78.5 cm³/mol. The van der Waals surface area contributed by atoms with Gasteiger partial charge in [-0.05, 0) is 19.8 Å². The fourth-order valence-corrected chi connectivity index (χ4v) is 3.56. The fourth-order valence-electron chi connectivity index (χ4n) is 2.77. The Morgan fingerprint density at radius 3 is 2.45 bits per heavy atom. The maximum absolute atomic E-state index is 12.7. The molecule has 0 atom stereocenters. The van der Waals surface area contributed by atoms with Crippen molar-refractivity contribution in [2.75, 3.05) is 0 Å². The number of carbonyl (C=O) groups excluding carboxylic acids is 2. The first-order valence-electron chi connectivity index (χ1n) is 7.08. The predicted octanol–water partition coefficient (Wildman–Crippen LogP) is 2.84. The lowest BCUT2D eigenvalue weighted by atomic mass is 9.88. The van der Waals surface area contributed by atoms with Crippen molar-refractivity contribution in [2.24, 2.45) is 0 Å². The lowest BCUT2D eigenvalue weighted by molar-refractivity contribution is -0.132. The number of hydrogen-bond donors (Lipinski definition) is 1. The summed E-state index contributed by atoms with van der Waals surface area (Å²) in [5.41, 5.74) is -0.694. The zero-order valence-corrected chi connectivity index (χ0v) is 13.0. The zero-order valence-electron chi connectivity index (χ0n) is 12.2. The molecule has 2 heterocycles. The average Bonchev–Trinajstić information content (AvgIpc) is 2.89. The summed E-state index contributed by atoms with van der Waals surface area (Å²) in [6.07, 6.45) is 4.88. The Balaban J connectivity index is 2.18. The molecule has 0 radical (unpaired) electrons. The molecule has 0 aromatic carbocycles. The molecule has 20 heavy (non-hydrogen) atoms. The van der Waals surface area contributed by atoms with E-state index in [0.29, 0.717) is 19.4 Å². The number of hydrogen-bond acceptors (Lipinski definition) is 4. The van der Waals surface area contributed by atoms with Crippen LogP contribution in [-0.4, -0.2) is 27.4 Å². The monoisotopic (exact) mass is 295 g/mol. The maximum Gasteiger partial charge on any atom is 0.325 e. The van der Waals surface area contributed by atoms with Crippen LogP contribution in [-0.2, 0) is 11.3 Å². The van der Waals surface area contributed by atoms with E-state index < -0.39 is 5.54 Å². The molecule has 5 nitrogen and oxygen atoms in total. The minimum absolute atomic E-state index is 0.0859. The van der Waals surface area contributed by atoms with E-state index in [-0.39, 0.29) is 11.9 Å². The molecule has 3 amide bonds. The maximum atomic E-state index is 12.7. The van der Waals surface area contributed by atoms with Crippen molar-refractivity contribution >= 4 is 23.3 Å². The molecule has 1 aromatic rings. The summed E-state index contributed by atoms with van der Waals surface area (Å²) in [4.78, 5) is 31.2. The number of amides is 3. The summed E-state index contributed by atoms with van der Waals surface area (Å²) in [7, 11) is 0. The number of nitrogens with one attached hydrogen (secondary N) is 1. The number of urea groups is 1. The second kappa shape index (κ2) is 5.91. The third-order valence-electron chi connectivity index (χ3n) is 3.58. The molecule has 0 unspecified atom stereocenters. The highest BCUT2D eigenvalue weighted by Gasteiger charge is 2.49. The first-order valence-corrected chi connectivity index (χ1v) is 7.89. The van der Waals surface area contributed by atoms with Crippen molar-refractivity contribution < 1.29 is 9.59 Å². The van der Waals surface area contributed by atoms with Gasteiger partial charge in [-0.3, -0.25) is 9.69 Å². The fraction of sp³-hybridized carbons (Fsp3) is 0.643. The molecule has 110 valence electrons. The van der Waals surface area contributed by atoms with E-state index in [0.717, 1.165) is 22.7 Å². The van der Waals surface area contributed by atoms with Gasteiger partial charge < -0.3 is 5.32 Å². The minimum atomic E-state index is -0.694. The lowest BCUT2D eigenvalue weighted by Gasteiger charge is -2.25. The van der Waals surface area contributed by atoms with E-state index in [2.05, 4.69) is 10.3 Å². The van der Waals surface area contributed by atoms with Gasteiger partial charge in [0, 0.05) is 11.1 Å². The van der Waals surface area contributed by atoms with E-state index in [1.165, 1.54) is 16.2 Å². The van der Waals surface area contributed by atoms with Gasteiger partial charge in [-0.2, -0.15) is 0 Å². The number of carbonyl (C=O) groups is 2. The molecule has 1 fully saturated rings. The van der Waals surface area contributed by atoms with Crippen LogP contribution in [0.3, 0.4) is 0 Å². The summed E-state index contributed by atoms with van der Waals surface area (Å²) in [6, 6.07) is -0.275. The lowest BCUT2D eigenvalue weighted by Crippen LogP contribution is -2.46. The van der Waals surface area contributed by atoms with Gasteiger partial charge in [0.05, 0.1) is 11.6 Å². The summed E-state index contributed by atoms with van der Waals surface area (Å²) in [5.74, 6) is -0.0859. The molecule has 1 saturated heterocycles. The summed E-state index contributed by atoms with van der Waals surface area (Å²) < 4.78 is 0. The Labute approximate surface area is 123 Å². The molecule has 6 heteroatoms. The smallest absolute Gasteiger partial charge is 0.323 e. The Hall–Kier alpha value is -1.43. The van der Waals surface area contributed by atoms with Gasteiger partial charge in [-0.1, -0.05) is 26.7 Å². The highest BCUT2D eigenvalue weighted by atomic mass is 32.1. The zero-order chi connectivity index (χ0) is 14.8. The Bertz CT molecular complexity index is 506. The SMILES string of the molecule is CCCC1(CCC)NC(=O)N(Cc2cnc(C)s2)C1=O. The number of imide groups is 1. The molecule has 1 aliphatic heterocycles. The van der Waals surface area contributed by atoms with Gasteiger partial charge in [0.25, 0.3) is 5.91 Å². The molecule has 0 spiro atoms. The Morgan fingerprint density at radius 1 is 1.30 bits per heavy atom. The van der Waals surface area contributed by atoms with Crippen molar-refractivity contribution in [3.8, 4) is 0 Å². The van der Waals surface area contributed by atoms with E-state index >= 15 is 0 Å². The number of thiazole rings is 1. The highest BCUT2D eigenvalue weighted by molar-refractivity contribution is 7.11. The van der Waals surface area contributed by atoms with Crippen LogP contribution in [0.25, 0.3) is 0 Å². The van der Waals surface area contributed by atoms with Crippen molar-refractivity contribution in [2.45, 2.75) is 58.5 Å². The Morgan fingerprint density at radius 2 is 1.95 bits per heavy atom. The third-order valence-corrected chi connectivity index (χ3v) is 4.48. The van der Waals surface area contributed by atoms with Gasteiger partial charge in [0.1, 0.15) is 5.54 Å². The molecule has 1 N–H and O–H groups in total. The van der Waals surface area contributed by atoms with Crippen molar-refractivity contribution in [1.29, 1.82) is 0 Å². The molecule has 0 aliphatic carbocycles. The van der Waals surface area contributed by atoms with Gasteiger partial charge in [0.15, 0.2) is 0 Å². The van der Waals surface area contributed by atoms with Crippen LogP contribution in [0.1, 0.15) is 49.4 Å². The molecule has 0 bridgehead atoms.